The molecule has 2 aliphatic carbocycles. The van der Waals surface area contributed by atoms with E-state index in [2.05, 4.69) is 24.3 Å². The van der Waals surface area contributed by atoms with E-state index in [-0.39, 0.29) is 36.8 Å². The molecule has 0 bridgehead atoms. The van der Waals surface area contributed by atoms with Gasteiger partial charge in [-0.3, -0.25) is 0 Å². The van der Waals surface area contributed by atoms with Crippen molar-refractivity contribution in [3.63, 3.8) is 0 Å². The Hall–Kier alpha value is -4.27. The number of fused-ring (bicyclic) bond motifs is 3. The molecule has 1 N–H and O–H groups in total. The third kappa shape index (κ3) is 6.19. The number of hydrogen-bond donors (Lipinski definition) is 1. The molecule has 2 heterocycles. The second-order valence-corrected chi connectivity index (χ2v) is 14.9. The van der Waals surface area contributed by atoms with E-state index in [1.165, 1.54) is 0 Å². The number of likely N-dealkylation sites (tertiary alicyclic amines) is 1. The lowest BCUT2D eigenvalue weighted by molar-refractivity contribution is -0.0460. The first-order valence-electron chi connectivity index (χ1n) is 17.3. The van der Waals surface area contributed by atoms with Crippen LogP contribution in [0.4, 0.5) is 9.59 Å². The van der Waals surface area contributed by atoms with Gasteiger partial charge in [0.25, 0.3) is 0 Å². The van der Waals surface area contributed by atoms with Crippen LogP contribution in [0.2, 0.25) is 0 Å². The predicted molar refractivity (Wildman–Crippen MR) is 184 cm³/mol. The van der Waals surface area contributed by atoms with Crippen LogP contribution < -0.4 is 0 Å². The van der Waals surface area contributed by atoms with Gasteiger partial charge in [-0.05, 0) is 82.6 Å². The van der Waals surface area contributed by atoms with Crippen molar-refractivity contribution in [3.05, 3.63) is 82.2 Å². The number of carbonyl (C=O) groups excluding carboxylic acids is 2. The van der Waals surface area contributed by atoms with Crippen molar-refractivity contribution in [2.45, 2.75) is 109 Å². The number of hydrogen-bond acceptors (Lipinski definition) is 5. The van der Waals surface area contributed by atoms with E-state index in [9.17, 15) is 19.5 Å². The van der Waals surface area contributed by atoms with Gasteiger partial charge >= 0.3 is 18.2 Å². The highest BCUT2D eigenvalue weighted by Crippen LogP contribution is 2.46. The summed E-state index contributed by atoms with van der Waals surface area (Å²) in [6.07, 6.45) is 5.14. The number of aromatic nitrogens is 1. The summed E-state index contributed by atoms with van der Waals surface area (Å²) in [7, 11) is 1.86. The van der Waals surface area contributed by atoms with Crippen LogP contribution >= 0.6 is 0 Å². The summed E-state index contributed by atoms with van der Waals surface area (Å²) in [6, 6.07) is 16.3. The summed E-state index contributed by atoms with van der Waals surface area (Å²) in [6.45, 7) is 10.1. The first kappa shape index (κ1) is 33.6. The van der Waals surface area contributed by atoms with Gasteiger partial charge in [-0.2, -0.15) is 0 Å². The van der Waals surface area contributed by atoms with Gasteiger partial charge in [0.1, 0.15) is 12.2 Å². The summed E-state index contributed by atoms with van der Waals surface area (Å²) in [5, 5.41) is 10.3. The Morgan fingerprint density at radius 2 is 1.54 bits per heavy atom. The fraction of sp³-hybridized carbons (Fsp3) is 0.513. The molecule has 3 aliphatic rings. The SMILES string of the molecule is Cc1c(CN(C(=O)OCC2c3ccccc3-c3ccccc32)C2CCN(C(=O)OC(C)(C)C)C3(CCCCC3)C2)c(C(=O)O)c(C)n1C. The number of carboxylic acid groups (broad SMARTS) is 1. The molecule has 1 unspecified atom stereocenters. The number of carbonyl (C=O) groups is 3. The number of carboxylic acids is 1. The smallest absolute Gasteiger partial charge is 0.410 e. The van der Waals surface area contributed by atoms with E-state index in [0.29, 0.717) is 30.6 Å². The Morgan fingerprint density at radius 1 is 0.938 bits per heavy atom. The number of piperidine rings is 1. The van der Waals surface area contributed by atoms with Gasteiger partial charge in [-0.15, -0.1) is 0 Å². The maximum atomic E-state index is 14.4. The largest absolute Gasteiger partial charge is 0.478 e. The number of nitrogens with zero attached hydrogens (tertiary/aromatic N) is 3. The third-order valence-corrected chi connectivity index (χ3v) is 10.9. The normalized spacial score (nSPS) is 18.7. The average molecular weight is 656 g/mol. The summed E-state index contributed by atoms with van der Waals surface area (Å²) in [5.74, 6) is -1.11. The number of amides is 2. The number of rotatable bonds is 6. The van der Waals surface area contributed by atoms with Crippen molar-refractivity contribution in [1.29, 1.82) is 0 Å². The molecule has 1 spiro atoms. The summed E-state index contributed by atoms with van der Waals surface area (Å²) < 4.78 is 14.0. The van der Waals surface area contributed by atoms with Crippen molar-refractivity contribution in [1.82, 2.24) is 14.4 Å². The summed E-state index contributed by atoms with van der Waals surface area (Å²) >= 11 is 0. The van der Waals surface area contributed by atoms with Gasteiger partial charge in [-0.25, -0.2) is 14.4 Å². The minimum atomic E-state index is -1.01. The lowest BCUT2D eigenvalue weighted by Gasteiger charge is -2.53. The zero-order chi connectivity index (χ0) is 34.4. The highest BCUT2D eigenvalue weighted by molar-refractivity contribution is 5.91. The minimum absolute atomic E-state index is 0.0998. The standard InChI is InChI=1S/C39H49N3O6/c1-25-32(34(35(43)44)26(2)40(25)6)23-41(27-18-21-42(37(46)48-38(3,4)5)39(22-27)19-12-7-13-20-39)36(45)47-24-33-30-16-10-8-14-28(30)29-15-9-11-17-31(29)33/h8-11,14-17,27,33H,7,12-13,18-24H2,1-6H3,(H,43,44). The quantitative estimate of drug-likeness (QED) is 0.287. The molecule has 1 saturated carbocycles. The van der Waals surface area contributed by atoms with Gasteiger partial charge in [0.05, 0.1) is 12.1 Å². The highest BCUT2D eigenvalue weighted by atomic mass is 16.6. The molecule has 6 rings (SSSR count). The number of ether oxygens (including phenoxy) is 2. The molecule has 1 saturated heterocycles. The van der Waals surface area contributed by atoms with Gasteiger partial charge in [0.15, 0.2) is 0 Å². The van der Waals surface area contributed by atoms with Crippen LogP contribution in [-0.2, 0) is 23.1 Å². The molecular weight excluding hydrogens is 606 g/mol. The second-order valence-electron chi connectivity index (χ2n) is 14.9. The van der Waals surface area contributed by atoms with E-state index in [4.69, 9.17) is 9.47 Å². The van der Waals surface area contributed by atoms with Crippen LogP contribution in [0.15, 0.2) is 48.5 Å². The van der Waals surface area contributed by atoms with E-state index < -0.39 is 23.2 Å². The molecule has 1 aliphatic heterocycles. The fourth-order valence-corrected chi connectivity index (χ4v) is 8.41. The van der Waals surface area contributed by atoms with Crippen LogP contribution in [0.1, 0.15) is 110 Å². The monoisotopic (exact) mass is 655 g/mol. The molecule has 2 aromatic carbocycles. The highest BCUT2D eigenvalue weighted by Gasteiger charge is 2.49. The molecule has 1 atom stereocenters. The van der Waals surface area contributed by atoms with Crippen molar-refractivity contribution in [2.24, 2.45) is 7.05 Å². The van der Waals surface area contributed by atoms with Crippen molar-refractivity contribution < 1.29 is 29.0 Å². The second kappa shape index (κ2) is 13.0. The Labute approximate surface area is 283 Å². The first-order valence-corrected chi connectivity index (χ1v) is 17.3. The van der Waals surface area contributed by atoms with E-state index in [0.717, 1.165) is 60.1 Å². The van der Waals surface area contributed by atoms with Gasteiger partial charge in [0, 0.05) is 48.0 Å². The molecule has 9 heteroatoms. The van der Waals surface area contributed by atoms with Crippen LogP contribution in [0, 0.1) is 13.8 Å². The molecule has 0 radical (unpaired) electrons. The third-order valence-electron chi connectivity index (χ3n) is 10.9. The van der Waals surface area contributed by atoms with Gasteiger partial charge in [0.2, 0.25) is 0 Å². The lowest BCUT2D eigenvalue weighted by atomic mass is 9.73. The zero-order valence-corrected chi connectivity index (χ0v) is 29.2. The van der Waals surface area contributed by atoms with Crippen molar-refractivity contribution in [2.75, 3.05) is 13.2 Å². The van der Waals surface area contributed by atoms with E-state index >= 15 is 0 Å². The molecule has 48 heavy (non-hydrogen) atoms. The molecular formula is C39H49N3O6. The molecule has 2 fully saturated rings. The van der Waals surface area contributed by atoms with Crippen LogP contribution in [-0.4, -0.2) is 68.0 Å². The van der Waals surface area contributed by atoms with Crippen LogP contribution in [0.3, 0.4) is 0 Å². The number of aromatic carboxylic acids is 1. The Bertz CT molecular complexity index is 1670. The molecule has 256 valence electrons. The molecule has 2 amide bonds. The van der Waals surface area contributed by atoms with Crippen LogP contribution in [0.5, 0.6) is 0 Å². The maximum absolute atomic E-state index is 14.4. The van der Waals surface area contributed by atoms with Crippen LogP contribution in [0.25, 0.3) is 11.1 Å². The van der Waals surface area contributed by atoms with E-state index in [1.807, 2.05) is 68.5 Å². The molecule has 9 nitrogen and oxygen atoms in total. The van der Waals surface area contributed by atoms with E-state index in [1.54, 1.807) is 11.8 Å². The summed E-state index contributed by atoms with van der Waals surface area (Å²) in [5.41, 5.74) is 5.80. The first-order chi connectivity index (χ1) is 22.8. The average Bonchev–Trinajstić information content (AvgIpc) is 3.48. The lowest BCUT2D eigenvalue weighted by Crippen LogP contribution is -2.62. The molecule has 1 aromatic heterocycles. The number of benzene rings is 2. The zero-order valence-electron chi connectivity index (χ0n) is 29.2. The van der Waals surface area contributed by atoms with Gasteiger partial charge in [-0.1, -0.05) is 67.8 Å². The topological polar surface area (TPSA) is 101 Å². The summed E-state index contributed by atoms with van der Waals surface area (Å²) in [4.78, 5) is 44.2. The van der Waals surface area contributed by atoms with Crippen molar-refractivity contribution >= 4 is 18.2 Å². The van der Waals surface area contributed by atoms with Crippen molar-refractivity contribution in [3.8, 4) is 11.1 Å². The maximum Gasteiger partial charge on any atom is 0.410 e. The Balaban J connectivity index is 1.33. The predicted octanol–water partition coefficient (Wildman–Crippen LogP) is 8.19. The molecule has 3 aromatic rings. The Kier molecular flexibility index (Phi) is 9.09. The van der Waals surface area contributed by atoms with Gasteiger partial charge < -0.3 is 28.9 Å². The fourth-order valence-electron chi connectivity index (χ4n) is 8.41. The minimum Gasteiger partial charge on any atom is -0.478 e. The Morgan fingerprint density at radius 3 is 2.12 bits per heavy atom.